The van der Waals surface area contributed by atoms with E-state index in [9.17, 15) is 13.2 Å². The summed E-state index contributed by atoms with van der Waals surface area (Å²) in [6.45, 7) is 2.70. The number of hydrogen-bond donors (Lipinski definition) is 1. The van der Waals surface area contributed by atoms with E-state index in [-0.39, 0.29) is 4.90 Å². The molecule has 0 saturated heterocycles. The standard InChI is InChI=1S/C18H17BrClNO5S/c1-11(14-8-16-17(9-15(14)19)26-7-6-25-16)21-18(22)10-27(23,24)13-4-2-12(20)3-5-13/h2-5,8-9,11H,6-7,10H2,1H3,(H,21,22). The van der Waals surface area contributed by atoms with E-state index in [1.54, 1.807) is 19.1 Å². The molecule has 2 aromatic rings. The van der Waals surface area contributed by atoms with Gasteiger partial charge in [-0.25, -0.2) is 8.42 Å². The number of benzene rings is 2. The van der Waals surface area contributed by atoms with Crippen molar-refractivity contribution in [3.8, 4) is 11.5 Å². The van der Waals surface area contributed by atoms with E-state index >= 15 is 0 Å². The average Bonchev–Trinajstić information content (AvgIpc) is 2.60. The fourth-order valence-corrected chi connectivity index (χ4v) is 4.61. The Morgan fingerprint density at radius 2 is 1.78 bits per heavy atom. The van der Waals surface area contributed by atoms with Crippen molar-refractivity contribution >= 4 is 43.3 Å². The predicted octanol–water partition coefficient (Wildman–Crippen LogP) is 3.52. The summed E-state index contributed by atoms with van der Waals surface area (Å²) in [6, 6.07) is 8.83. The Kier molecular flexibility index (Phi) is 5.98. The molecule has 1 aliphatic rings. The molecule has 2 aromatic carbocycles. The van der Waals surface area contributed by atoms with Gasteiger partial charge in [0.2, 0.25) is 5.91 Å². The van der Waals surface area contributed by atoms with Crippen LogP contribution < -0.4 is 14.8 Å². The maximum absolute atomic E-state index is 12.4. The van der Waals surface area contributed by atoms with Crippen molar-refractivity contribution in [1.82, 2.24) is 5.32 Å². The summed E-state index contributed by atoms with van der Waals surface area (Å²) in [5.41, 5.74) is 0.761. The van der Waals surface area contributed by atoms with Gasteiger partial charge in [-0.2, -0.15) is 0 Å². The lowest BCUT2D eigenvalue weighted by Crippen LogP contribution is -2.32. The second-order valence-corrected chi connectivity index (χ2v) is 9.30. The number of amides is 1. The predicted molar refractivity (Wildman–Crippen MR) is 105 cm³/mol. The number of fused-ring (bicyclic) bond motifs is 1. The van der Waals surface area contributed by atoms with E-state index < -0.39 is 27.5 Å². The van der Waals surface area contributed by atoms with Crippen LogP contribution in [0.5, 0.6) is 11.5 Å². The molecule has 0 spiro atoms. The molecule has 1 N–H and O–H groups in total. The van der Waals surface area contributed by atoms with Gasteiger partial charge in [0.15, 0.2) is 21.3 Å². The monoisotopic (exact) mass is 473 g/mol. The number of ether oxygens (including phenoxy) is 2. The first-order valence-corrected chi connectivity index (χ1v) is 11.0. The number of nitrogens with one attached hydrogen (secondary N) is 1. The topological polar surface area (TPSA) is 81.7 Å². The van der Waals surface area contributed by atoms with E-state index in [1.165, 1.54) is 24.3 Å². The van der Waals surface area contributed by atoms with Crippen LogP contribution in [0.4, 0.5) is 0 Å². The Morgan fingerprint density at radius 3 is 2.41 bits per heavy atom. The van der Waals surface area contributed by atoms with E-state index in [4.69, 9.17) is 21.1 Å². The normalized spacial score (nSPS) is 14.5. The van der Waals surface area contributed by atoms with Gasteiger partial charge >= 0.3 is 0 Å². The molecule has 1 aliphatic heterocycles. The number of rotatable bonds is 5. The molecule has 9 heteroatoms. The molecule has 3 rings (SSSR count). The molecule has 27 heavy (non-hydrogen) atoms. The minimum Gasteiger partial charge on any atom is -0.486 e. The van der Waals surface area contributed by atoms with Crippen molar-refractivity contribution in [3.05, 3.63) is 51.5 Å². The molecule has 0 fully saturated rings. The zero-order valence-electron chi connectivity index (χ0n) is 14.4. The summed E-state index contributed by atoms with van der Waals surface area (Å²) < 4.78 is 36.6. The lowest BCUT2D eigenvalue weighted by molar-refractivity contribution is -0.119. The molecule has 1 heterocycles. The van der Waals surface area contributed by atoms with Crippen molar-refractivity contribution < 1.29 is 22.7 Å². The highest BCUT2D eigenvalue weighted by molar-refractivity contribution is 9.10. The van der Waals surface area contributed by atoms with Gasteiger partial charge in [-0.3, -0.25) is 4.79 Å². The maximum Gasteiger partial charge on any atom is 0.236 e. The second-order valence-electron chi connectivity index (χ2n) is 6.02. The minimum absolute atomic E-state index is 0.0511. The zero-order valence-corrected chi connectivity index (χ0v) is 17.5. The van der Waals surface area contributed by atoms with Crippen LogP contribution in [0.1, 0.15) is 18.5 Å². The molecule has 1 atom stereocenters. The first-order chi connectivity index (χ1) is 12.8. The molecule has 0 saturated carbocycles. The van der Waals surface area contributed by atoms with Crippen LogP contribution >= 0.6 is 27.5 Å². The molecule has 1 amide bonds. The number of sulfone groups is 1. The quantitative estimate of drug-likeness (QED) is 0.717. The maximum atomic E-state index is 12.4. The average molecular weight is 475 g/mol. The molecule has 0 aliphatic carbocycles. The van der Waals surface area contributed by atoms with E-state index in [0.717, 1.165) is 10.0 Å². The van der Waals surface area contributed by atoms with Gasteiger partial charge in [0.1, 0.15) is 19.0 Å². The highest BCUT2D eigenvalue weighted by atomic mass is 79.9. The molecule has 6 nitrogen and oxygen atoms in total. The summed E-state index contributed by atoms with van der Waals surface area (Å²) >= 11 is 9.22. The van der Waals surface area contributed by atoms with Crippen LogP contribution in [-0.2, 0) is 14.6 Å². The highest BCUT2D eigenvalue weighted by Crippen LogP contribution is 2.37. The second kappa shape index (κ2) is 8.08. The minimum atomic E-state index is -3.76. The van der Waals surface area contributed by atoms with Crippen LogP contribution in [0.15, 0.2) is 45.8 Å². The Labute approximate surface area is 170 Å². The molecule has 144 valence electrons. The fourth-order valence-electron chi connectivity index (χ4n) is 2.67. The first kappa shape index (κ1) is 20.0. The van der Waals surface area contributed by atoms with E-state index in [1.807, 2.05) is 0 Å². The van der Waals surface area contributed by atoms with Crippen molar-refractivity contribution in [2.45, 2.75) is 17.9 Å². The summed E-state index contributed by atoms with van der Waals surface area (Å²) in [5.74, 6) is -0.0319. The SMILES string of the molecule is CC(NC(=O)CS(=O)(=O)c1ccc(Cl)cc1)c1cc2c(cc1Br)OCCO2. The molecular weight excluding hydrogens is 458 g/mol. The number of hydrogen-bond acceptors (Lipinski definition) is 5. The molecule has 0 radical (unpaired) electrons. The van der Waals surface area contributed by atoms with Gasteiger partial charge < -0.3 is 14.8 Å². The van der Waals surface area contributed by atoms with Crippen LogP contribution in [0.25, 0.3) is 0 Å². The molecular formula is C18H17BrClNO5S. The lowest BCUT2D eigenvalue weighted by Gasteiger charge is -2.22. The van der Waals surface area contributed by atoms with Crippen molar-refractivity contribution in [1.29, 1.82) is 0 Å². The van der Waals surface area contributed by atoms with Gasteiger partial charge in [-0.15, -0.1) is 0 Å². The van der Waals surface area contributed by atoms with Crippen LogP contribution in [-0.4, -0.2) is 33.3 Å². The van der Waals surface area contributed by atoms with Gasteiger partial charge in [0.25, 0.3) is 0 Å². The van der Waals surface area contributed by atoms with Crippen LogP contribution in [0.3, 0.4) is 0 Å². The number of carbonyl (C=O) groups excluding carboxylic acids is 1. The summed E-state index contributed by atoms with van der Waals surface area (Å²) in [7, 11) is -3.76. The van der Waals surface area contributed by atoms with Crippen LogP contribution in [0.2, 0.25) is 5.02 Å². The van der Waals surface area contributed by atoms with Crippen molar-refractivity contribution in [2.24, 2.45) is 0 Å². The van der Waals surface area contributed by atoms with Gasteiger partial charge in [0.05, 0.1) is 10.9 Å². The third-order valence-electron chi connectivity index (χ3n) is 4.00. The fraction of sp³-hybridized carbons (Fsp3) is 0.278. The van der Waals surface area contributed by atoms with Gasteiger partial charge in [-0.05, 0) is 48.9 Å². The molecule has 0 aromatic heterocycles. The Balaban J connectivity index is 1.71. The summed E-state index contributed by atoms with van der Waals surface area (Å²) in [5, 5.41) is 3.14. The van der Waals surface area contributed by atoms with Crippen molar-refractivity contribution in [2.75, 3.05) is 19.0 Å². The molecule has 0 bridgehead atoms. The van der Waals surface area contributed by atoms with Gasteiger partial charge in [-0.1, -0.05) is 27.5 Å². The Hall–Kier alpha value is -1.77. The third-order valence-corrected chi connectivity index (χ3v) is 6.57. The zero-order chi connectivity index (χ0) is 19.6. The number of carbonyl (C=O) groups is 1. The van der Waals surface area contributed by atoms with Crippen molar-refractivity contribution in [3.63, 3.8) is 0 Å². The first-order valence-electron chi connectivity index (χ1n) is 8.13. The van der Waals surface area contributed by atoms with Crippen LogP contribution in [0, 0.1) is 0 Å². The highest BCUT2D eigenvalue weighted by Gasteiger charge is 2.23. The van der Waals surface area contributed by atoms with E-state index in [2.05, 4.69) is 21.2 Å². The summed E-state index contributed by atoms with van der Waals surface area (Å²) in [4.78, 5) is 12.3. The molecule has 1 unspecified atom stereocenters. The third kappa shape index (κ3) is 4.75. The Morgan fingerprint density at radius 1 is 1.19 bits per heavy atom. The number of halogens is 2. The van der Waals surface area contributed by atoms with Gasteiger partial charge in [0, 0.05) is 9.50 Å². The largest absolute Gasteiger partial charge is 0.486 e. The smallest absolute Gasteiger partial charge is 0.236 e. The lowest BCUT2D eigenvalue weighted by atomic mass is 10.1. The summed E-state index contributed by atoms with van der Waals surface area (Å²) in [6.07, 6.45) is 0. The Bertz CT molecular complexity index is 962. The van der Waals surface area contributed by atoms with E-state index in [0.29, 0.717) is 29.7 Å².